The number of rotatable bonds is 0. The van der Waals surface area contributed by atoms with Crippen molar-refractivity contribution in [3.8, 4) is 5.75 Å². The highest BCUT2D eigenvalue weighted by molar-refractivity contribution is 7.08. The zero-order valence-electron chi connectivity index (χ0n) is 9.21. The van der Waals surface area contributed by atoms with E-state index >= 15 is 0 Å². The zero-order valence-corrected chi connectivity index (χ0v) is 10.0. The molecule has 0 saturated heterocycles. The molecule has 3 rings (SSSR count). The molecule has 0 unspecified atom stereocenters. The van der Waals surface area contributed by atoms with Gasteiger partial charge in [0.15, 0.2) is 0 Å². The second kappa shape index (κ2) is 4.27. The predicted molar refractivity (Wildman–Crippen MR) is 64.8 cm³/mol. The molecule has 0 saturated carbocycles. The minimum Gasteiger partial charge on any atom is -0.457 e. The Kier molecular flexibility index (Phi) is 2.60. The largest absolute Gasteiger partial charge is 0.457 e. The van der Waals surface area contributed by atoms with Crippen LogP contribution in [0.3, 0.4) is 0 Å². The number of carbonyl (C=O) groups is 2. The molecule has 1 aromatic carbocycles. The van der Waals surface area contributed by atoms with Gasteiger partial charge in [-0.15, -0.1) is 0 Å². The lowest BCUT2D eigenvalue weighted by atomic mass is 10.2. The van der Waals surface area contributed by atoms with Gasteiger partial charge in [0.25, 0.3) is 0 Å². The maximum atomic E-state index is 12.0. The molecule has 0 aliphatic carbocycles. The van der Waals surface area contributed by atoms with Gasteiger partial charge in [0.1, 0.15) is 12.4 Å². The van der Waals surface area contributed by atoms with Gasteiger partial charge in [-0.1, -0.05) is 18.2 Å². The van der Waals surface area contributed by atoms with Crippen LogP contribution in [0.25, 0.3) is 0 Å². The van der Waals surface area contributed by atoms with Gasteiger partial charge in [0, 0.05) is 16.3 Å². The Morgan fingerprint density at radius 2 is 1.72 bits per heavy atom. The van der Waals surface area contributed by atoms with E-state index in [1.807, 2.05) is 0 Å². The Labute approximate surface area is 107 Å². The third kappa shape index (κ3) is 1.78. The summed E-state index contributed by atoms with van der Waals surface area (Å²) in [6, 6.07) is 7.00. The molecule has 5 heteroatoms. The topological polar surface area (TPSA) is 52.6 Å². The molecular formula is C13H8O4S. The summed E-state index contributed by atoms with van der Waals surface area (Å²) in [6.45, 7) is 0.0948. The van der Waals surface area contributed by atoms with E-state index < -0.39 is 11.9 Å². The summed E-state index contributed by atoms with van der Waals surface area (Å²) in [5.41, 5.74) is 1.19. The predicted octanol–water partition coefficient (Wildman–Crippen LogP) is 2.64. The molecule has 90 valence electrons. The first kappa shape index (κ1) is 11.0. The molecule has 2 heterocycles. The van der Waals surface area contributed by atoms with Crippen LogP contribution < -0.4 is 4.74 Å². The van der Waals surface area contributed by atoms with Gasteiger partial charge in [0.05, 0.1) is 11.1 Å². The monoisotopic (exact) mass is 260 g/mol. The molecule has 0 N–H and O–H groups in total. The van der Waals surface area contributed by atoms with E-state index in [1.54, 1.807) is 35.0 Å². The molecule has 0 atom stereocenters. The second-order valence-electron chi connectivity index (χ2n) is 3.77. The van der Waals surface area contributed by atoms with Gasteiger partial charge in [-0.3, -0.25) is 0 Å². The molecule has 0 fully saturated rings. The molecule has 0 radical (unpaired) electrons. The van der Waals surface area contributed by atoms with Crippen molar-refractivity contribution in [2.45, 2.75) is 6.61 Å². The number of carbonyl (C=O) groups excluding carboxylic acids is 2. The average molecular weight is 260 g/mol. The van der Waals surface area contributed by atoms with Crippen LogP contribution >= 0.6 is 11.3 Å². The fraction of sp³-hybridized carbons (Fsp3) is 0.0769. The lowest BCUT2D eigenvalue weighted by Crippen LogP contribution is -2.11. The van der Waals surface area contributed by atoms with Crippen molar-refractivity contribution in [3.05, 3.63) is 51.7 Å². The Morgan fingerprint density at radius 1 is 1.00 bits per heavy atom. The van der Waals surface area contributed by atoms with Crippen molar-refractivity contribution in [1.29, 1.82) is 0 Å². The lowest BCUT2D eigenvalue weighted by molar-refractivity contribution is 0.0472. The van der Waals surface area contributed by atoms with E-state index in [0.29, 0.717) is 11.3 Å². The summed E-state index contributed by atoms with van der Waals surface area (Å²) >= 11 is 1.27. The SMILES string of the molecule is O=C1OCc2ccccc2OC(=O)c2cscc21. The Hall–Kier alpha value is -2.14. The summed E-state index contributed by atoms with van der Waals surface area (Å²) in [4.78, 5) is 23.8. The van der Waals surface area contributed by atoms with E-state index in [4.69, 9.17) is 9.47 Å². The number of hydrogen-bond donors (Lipinski definition) is 0. The van der Waals surface area contributed by atoms with Gasteiger partial charge in [-0.2, -0.15) is 11.3 Å². The fourth-order valence-electron chi connectivity index (χ4n) is 1.71. The highest BCUT2D eigenvalue weighted by atomic mass is 32.1. The van der Waals surface area contributed by atoms with Gasteiger partial charge < -0.3 is 9.47 Å². The maximum Gasteiger partial charge on any atom is 0.345 e. The third-order valence-corrected chi connectivity index (χ3v) is 3.38. The second-order valence-corrected chi connectivity index (χ2v) is 4.52. The number of esters is 2. The van der Waals surface area contributed by atoms with Crippen molar-refractivity contribution >= 4 is 23.3 Å². The standard InChI is InChI=1S/C13H8O4S/c14-12-9-6-18-7-10(9)13(15)17-11-4-2-1-3-8(11)5-16-12/h1-4,6-7H,5H2. The van der Waals surface area contributed by atoms with Crippen molar-refractivity contribution < 1.29 is 19.1 Å². The molecular weight excluding hydrogens is 252 g/mol. The van der Waals surface area contributed by atoms with E-state index in [2.05, 4.69) is 0 Å². The van der Waals surface area contributed by atoms with Crippen LogP contribution in [-0.2, 0) is 11.3 Å². The van der Waals surface area contributed by atoms with E-state index in [9.17, 15) is 9.59 Å². The van der Waals surface area contributed by atoms with Crippen LogP contribution in [0.5, 0.6) is 5.75 Å². The lowest BCUT2D eigenvalue weighted by Gasteiger charge is -2.07. The van der Waals surface area contributed by atoms with Crippen LogP contribution in [0.15, 0.2) is 35.0 Å². The molecule has 4 nitrogen and oxygen atoms in total. The number of ether oxygens (including phenoxy) is 2. The van der Waals surface area contributed by atoms with Crippen LogP contribution in [0, 0.1) is 0 Å². The van der Waals surface area contributed by atoms with Crippen molar-refractivity contribution in [2.75, 3.05) is 0 Å². The van der Waals surface area contributed by atoms with Crippen LogP contribution in [0.4, 0.5) is 0 Å². The van der Waals surface area contributed by atoms with Gasteiger partial charge >= 0.3 is 11.9 Å². The number of thiophene rings is 1. The van der Waals surface area contributed by atoms with Crippen LogP contribution in [-0.4, -0.2) is 11.9 Å². The van der Waals surface area contributed by atoms with E-state index in [0.717, 1.165) is 0 Å². The molecule has 0 spiro atoms. The van der Waals surface area contributed by atoms with Crippen molar-refractivity contribution in [3.63, 3.8) is 0 Å². The van der Waals surface area contributed by atoms with Crippen LogP contribution in [0.1, 0.15) is 26.3 Å². The molecule has 1 aliphatic heterocycles. The molecule has 0 bridgehead atoms. The zero-order chi connectivity index (χ0) is 12.5. The van der Waals surface area contributed by atoms with Gasteiger partial charge in [-0.25, -0.2) is 9.59 Å². The first-order valence-electron chi connectivity index (χ1n) is 5.29. The Balaban J connectivity index is 2.09. The fourth-order valence-corrected chi connectivity index (χ4v) is 2.50. The number of hydrogen-bond acceptors (Lipinski definition) is 5. The van der Waals surface area contributed by atoms with Crippen molar-refractivity contribution in [1.82, 2.24) is 0 Å². The minimum absolute atomic E-state index is 0.0948. The molecule has 2 aromatic rings. The summed E-state index contributed by atoms with van der Waals surface area (Å²) in [6.07, 6.45) is 0. The molecule has 1 aromatic heterocycles. The summed E-state index contributed by atoms with van der Waals surface area (Å²) < 4.78 is 10.4. The smallest absolute Gasteiger partial charge is 0.345 e. The van der Waals surface area contributed by atoms with Crippen molar-refractivity contribution in [2.24, 2.45) is 0 Å². The average Bonchev–Trinajstić information content (AvgIpc) is 2.86. The number of para-hydroxylation sites is 1. The normalized spacial score (nSPS) is 14.4. The summed E-state index contributed by atoms with van der Waals surface area (Å²) in [5.74, 6) is -0.605. The third-order valence-electron chi connectivity index (χ3n) is 2.64. The number of cyclic esters (lactones) is 1. The van der Waals surface area contributed by atoms with E-state index in [-0.39, 0.29) is 17.7 Å². The van der Waals surface area contributed by atoms with Gasteiger partial charge in [-0.05, 0) is 6.07 Å². The molecule has 1 aliphatic rings. The maximum absolute atomic E-state index is 12.0. The molecule has 0 amide bonds. The summed E-state index contributed by atoms with van der Waals surface area (Å²) in [7, 11) is 0. The van der Waals surface area contributed by atoms with E-state index in [1.165, 1.54) is 11.3 Å². The van der Waals surface area contributed by atoms with Gasteiger partial charge in [0.2, 0.25) is 0 Å². The first-order valence-corrected chi connectivity index (χ1v) is 6.23. The highest BCUT2D eigenvalue weighted by Crippen LogP contribution is 2.25. The quantitative estimate of drug-likeness (QED) is 0.539. The first-order chi connectivity index (χ1) is 8.75. The molecule has 18 heavy (non-hydrogen) atoms. The number of benzene rings is 1. The Morgan fingerprint density at radius 3 is 2.56 bits per heavy atom. The number of fused-ring (bicyclic) bond motifs is 2. The Bertz CT molecular complexity index is 629. The van der Waals surface area contributed by atoms with Crippen LogP contribution in [0.2, 0.25) is 0 Å². The highest BCUT2D eigenvalue weighted by Gasteiger charge is 2.24. The minimum atomic E-state index is -0.530. The summed E-state index contributed by atoms with van der Waals surface area (Å²) in [5, 5.41) is 3.18.